The number of aliphatic imine (C=N–C) groups is 1. The van der Waals surface area contributed by atoms with Gasteiger partial charge in [0.2, 0.25) is 0 Å². The Bertz CT molecular complexity index is 1050. The molecule has 0 bridgehead atoms. The molecule has 4 rings (SSSR count). The standard InChI is InChI=1S/C24H25N5O/c1-24(15-29(2)16-24)28-23(30)19(25)13-22-26-20(17-9-5-3-6-10-17)14-21(27-22)18-11-7-4-8-12-18/h3-14,25-26H,15-16H2,1-2H3,(H,28,30)/b22-13+,25-19?. The highest BCUT2D eigenvalue weighted by Gasteiger charge is 2.38. The van der Waals surface area contributed by atoms with Crippen LogP contribution in [-0.4, -0.2) is 47.9 Å². The van der Waals surface area contributed by atoms with E-state index in [1.54, 1.807) is 0 Å². The zero-order valence-electron chi connectivity index (χ0n) is 17.1. The van der Waals surface area contributed by atoms with Crippen LogP contribution in [0.4, 0.5) is 0 Å². The molecule has 2 heterocycles. The number of hydrogen-bond donors (Lipinski definition) is 3. The molecule has 1 amide bonds. The van der Waals surface area contributed by atoms with Crippen LogP contribution < -0.4 is 10.6 Å². The van der Waals surface area contributed by atoms with Gasteiger partial charge in [-0.25, -0.2) is 4.99 Å². The Morgan fingerprint density at radius 3 is 2.30 bits per heavy atom. The van der Waals surface area contributed by atoms with Crippen molar-refractivity contribution in [2.75, 3.05) is 20.1 Å². The first-order valence-electron chi connectivity index (χ1n) is 9.91. The molecule has 0 radical (unpaired) electrons. The molecule has 30 heavy (non-hydrogen) atoms. The molecular weight excluding hydrogens is 374 g/mol. The van der Waals surface area contributed by atoms with Crippen molar-refractivity contribution in [2.45, 2.75) is 12.5 Å². The molecule has 152 valence electrons. The zero-order valence-corrected chi connectivity index (χ0v) is 17.1. The van der Waals surface area contributed by atoms with Crippen molar-refractivity contribution in [3.63, 3.8) is 0 Å². The van der Waals surface area contributed by atoms with Crippen molar-refractivity contribution in [1.29, 1.82) is 5.41 Å². The molecular formula is C24H25N5O. The third-order valence-corrected chi connectivity index (χ3v) is 5.12. The number of carbonyl (C=O) groups is 1. The molecule has 1 saturated heterocycles. The molecule has 2 aromatic carbocycles. The Morgan fingerprint density at radius 2 is 1.70 bits per heavy atom. The summed E-state index contributed by atoms with van der Waals surface area (Å²) in [4.78, 5) is 19.3. The van der Waals surface area contributed by atoms with Crippen LogP contribution in [0.5, 0.6) is 0 Å². The Balaban J connectivity index is 1.60. The van der Waals surface area contributed by atoms with Crippen molar-refractivity contribution < 1.29 is 4.79 Å². The van der Waals surface area contributed by atoms with Crippen LogP contribution in [0.25, 0.3) is 5.70 Å². The monoisotopic (exact) mass is 399 g/mol. The zero-order chi connectivity index (χ0) is 21.1. The van der Waals surface area contributed by atoms with E-state index in [1.807, 2.05) is 80.7 Å². The minimum atomic E-state index is -0.396. The third-order valence-electron chi connectivity index (χ3n) is 5.12. The molecule has 0 unspecified atom stereocenters. The quantitative estimate of drug-likeness (QED) is 0.677. The van der Waals surface area contributed by atoms with E-state index in [0.29, 0.717) is 5.82 Å². The molecule has 0 saturated carbocycles. The van der Waals surface area contributed by atoms with Gasteiger partial charge in [-0.3, -0.25) is 10.2 Å². The smallest absolute Gasteiger partial charge is 0.269 e. The summed E-state index contributed by atoms with van der Waals surface area (Å²) in [6.07, 6.45) is 3.47. The highest BCUT2D eigenvalue weighted by molar-refractivity contribution is 6.42. The largest absolute Gasteiger partial charge is 0.343 e. The van der Waals surface area contributed by atoms with Gasteiger partial charge < -0.3 is 15.5 Å². The van der Waals surface area contributed by atoms with Gasteiger partial charge in [-0.05, 0) is 25.6 Å². The summed E-state index contributed by atoms with van der Waals surface area (Å²) >= 11 is 0. The molecule has 3 N–H and O–H groups in total. The van der Waals surface area contributed by atoms with Gasteiger partial charge in [-0.15, -0.1) is 0 Å². The molecule has 0 aromatic heterocycles. The predicted octanol–water partition coefficient (Wildman–Crippen LogP) is 2.80. The Hall–Kier alpha value is -3.51. The van der Waals surface area contributed by atoms with Crippen molar-refractivity contribution in [3.05, 3.63) is 89.8 Å². The summed E-state index contributed by atoms with van der Waals surface area (Å²) in [5.74, 6) is 0.0680. The predicted molar refractivity (Wildman–Crippen MR) is 120 cm³/mol. The average Bonchev–Trinajstić information content (AvgIpc) is 2.73. The maximum Gasteiger partial charge on any atom is 0.269 e. The molecule has 1 fully saturated rings. The third kappa shape index (κ3) is 4.39. The van der Waals surface area contributed by atoms with Crippen LogP contribution in [0.3, 0.4) is 0 Å². The number of benzene rings is 2. The molecule has 6 heteroatoms. The first-order chi connectivity index (χ1) is 14.4. The Kier molecular flexibility index (Phi) is 5.33. The molecule has 6 nitrogen and oxygen atoms in total. The van der Waals surface area contributed by atoms with Crippen molar-refractivity contribution in [1.82, 2.24) is 15.5 Å². The lowest BCUT2D eigenvalue weighted by molar-refractivity contribution is -0.118. The van der Waals surface area contributed by atoms with Gasteiger partial charge in [-0.2, -0.15) is 0 Å². The van der Waals surface area contributed by atoms with Crippen LogP contribution >= 0.6 is 0 Å². The molecule has 2 aliphatic rings. The summed E-state index contributed by atoms with van der Waals surface area (Å²) in [5, 5.41) is 14.5. The van der Waals surface area contributed by atoms with E-state index >= 15 is 0 Å². The number of rotatable bonds is 5. The van der Waals surface area contributed by atoms with E-state index in [2.05, 4.69) is 20.5 Å². The minimum Gasteiger partial charge on any atom is -0.343 e. The van der Waals surface area contributed by atoms with E-state index in [0.717, 1.165) is 35.6 Å². The van der Waals surface area contributed by atoms with Gasteiger partial charge in [0.05, 0.1) is 11.3 Å². The Morgan fingerprint density at radius 1 is 1.10 bits per heavy atom. The molecule has 0 spiro atoms. The summed E-state index contributed by atoms with van der Waals surface area (Å²) in [5.41, 5.74) is 3.21. The maximum absolute atomic E-state index is 12.5. The van der Waals surface area contributed by atoms with Gasteiger partial charge >= 0.3 is 0 Å². The summed E-state index contributed by atoms with van der Waals surface area (Å²) in [6.45, 7) is 3.54. The fourth-order valence-electron chi connectivity index (χ4n) is 3.87. The molecule has 2 aliphatic heterocycles. The second-order valence-corrected chi connectivity index (χ2v) is 8.04. The van der Waals surface area contributed by atoms with E-state index in [4.69, 9.17) is 5.41 Å². The van der Waals surface area contributed by atoms with Crippen molar-refractivity contribution >= 4 is 23.0 Å². The first kappa shape index (κ1) is 19.8. The van der Waals surface area contributed by atoms with Gasteiger partial charge in [0.15, 0.2) is 0 Å². The lowest BCUT2D eigenvalue weighted by atomic mass is 9.93. The number of likely N-dealkylation sites (tertiary alicyclic amines) is 1. The number of nitrogens with one attached hydrogen (secondary N) is 3. The number of carbonyl (C=O) groups excluding carboxylic acids is 1. The van der Waals surface area contributed by atoms with E-state index in [1.165, 1.54) is 6.08 Å². The van der Waals surface area contributed by atoms with Crippen LogP contribution in [0.15, 0.2) is 83.6 Å². The fraction of sp³-hybridized carbons (Fsp3) is 0.208. The maximum atomic E-state index is 12.5. The summed E-state index contributed by atoms with van der Waals surface area (Å²) < 4.78 is 0. The second kappa shape index (κ2) is 8.08. The van der Waals surface area contributed by atoms with Gasteiger partial charge in [0.1, 0.15) is 11.5 Å². The van der Waals surface area contributed by atoms with E-state index < -0.39 is 5.91 Å². The van der Waals surface area contributed by atoms with Crippen molar-refractivity contribution in [3.8, 4) is 0 Å². The summed E-state index contributed by atoms with van der Waals surface area (Å²) in [7, 11) is 2.00. The van der Waals surface area contributed by atoms with Crippen molar-refractivity contribution in [2.24, 2.45) is 4.99 Å². The lowest BCUT2D eigenvalue weighted by Gasteiger charge is -2.46. The first-order valence-corrected chi connectivity index (χ1v) is 9.91. The van der Waals surface area contributed by atoms with Gasteiger partial charge in [0.25, 0.3) is 5.91 Å². The highest BCUT2D eigenvalue weighted by atomic mass is 16.2. The number of amides is 1. The van der Waals surface area contributed by atoms with Gasteiger partial charge in [-0.1, -0.05) is 60.7 Å². The number of likely N-dealkylation sites (N-methyl/N-ethyl adjacent to an activating group) is 1. The fourth-order valence-corrected chi connectivity index (χ4v) is 3.87. The summed E-state index contributed by atoms with van der Waals surface area (Å²) in [6, 6.07) is 19.8. The normalized spacial score (nSPS) is 19.2. The highest BCUT2D eigenvalue weighted by Crippen LogP contribution is 2.21. The van der Waals surface area contributed by atoms with E-state index in [9.17, 15) is 4.79 Å². The minimum absolute atomic E-state index is 0.126. The topological polar surface area (TPSA) is 80.6 Å². The van der Waals surface area contributed by atoms with Crippen LogP contribution in [-0.2, 0) is 4.79 Å². The number of hydrogen-bond acceptors (Lipinski definition) is 5. The molecule has 2 aromatic rings. The van der Waals surface area contributed by atoms with Crippen LogP contribution in [0.2, 0.25) is 0 Å². The van der Waals surface area contributed by atoms with Crippen LogP contribution in [0, 0.1) is 5.41 Å². The van der Waals surface area contributed by atoms with Crippen LogP contribution in [0.1, 0.15) is 18.1 Å². The van der Waals surface area contributed by atoms with Gasteiger partial charge in [0, 0.05) is 30.4 Å². The number of nitrogens with zero attached hydrogens (tertiary/aromatic N) is 2. The second-order valence-electron chi connectivity index (χ2n) is 8.04. The SMILES string of the molecule is CN1CC(C)(NC(=O)C(=N)/C=C2/N=C(c3ccccc3)C=C(c3ccccc3)N2)C1. The molecule has 0 atom stereocenters. The van der Waals surface area contributed by atoms with E-state index in [-0.39, 0.29) is 11.3 Å². The Labute approximate surface area is 176 Å². The number of allylic oxidation sites excluding steroid dienone is 1. The molecule has 0 aliphatic carbocycles. The average molecular weight is 399 g/mol. The lowest BCUT2D eigenvalue weighted by Crippen LogP contribution is -2.67.